The van der Waals surface area contributed by atoms with Gasteiger partial charge in [0.25, 0.3) is 0 Å². The van der Waals surface area contributed by atoms with E-state index in [1.54, 1.807) is 0 Å². The molecule has 0 spiro atoms. The first kappa shape index (κ1) is 17.8. The number of carbonyl (C=O) groups excluding carboxylic acids is 1. The minimum absolute atomic E-state index is 0.103. The molecule has 0 saturated heterocycles. The van der Waals surface area contributed by atoms with Gasteiger partial charge in [-0.1, -0.05) is 30.3 Å². The summed E-state index contributed by atoms with van der Waals surface area (Å²) in [6, 6.07) is 11.6. The first-order chi connectivity index (χ1) is 11.5. The number of pyridine rings is 1. The van der Waals surface area contributed by atoms with Crippen molar-refractivity contribution in [2.75, 3.05) is 6.54 Å². The Labute approximate surface area is 138 Å². The number of alkyl carbamates (subject to hydrolysis) is 1. The molecule has 0 fully saturated rings. The van der Waals surface area contributed by atoms with Crippen LogP contribution < -0.4 is 5.32 Å². The molecule has 6 nitrogen and oxygen atoms in total. The highest BCUT2D eigenvalue weighted by Crippen LogP contribution is 2.19. The van der Waals surface area contributed by atoms with Crippen molar-refractivity contribution in [3.8, 4) is 0 Å². The highest BCUT2D eigenvalue weighted by molar-refractivity contribution is 5.67. The van der Waals surface area contributed by atoms with Crippen LogP contribution in [0, 0.1) is 12.9 Å². The lowest BCUT2D eigenvalue weighted by atomic mass is 10.0. The number of hydrogen-bond acceptors (Lipinski definition) is 5. The fourth-order valence-corrected chi connectivity index (χ4v) is 2.13. The molecule has 0 aliphatic carbocycles. The van der Waals surface area contributed by atoms with Gasteiger partial charge in [-0.15, -0.1) is 0 Å². The molecule has 2 aromatic rings. The average molecular weight is 334 g/mol. The van der Waals surface area contributed by atoms with Crippen LogP contribution in [0.2, 0.25) is 0 Å². The second-order valence-electron chi connectivity index (χ2n) is 5.26. The largest absolute Gasteiger partial charge is 0.445 e. The van der Waals surface area contributed by atoms with Crippen molar-refractivity contribution in [1.82, 2.24) is 10.3 Å². The SMILES string of the molecule is Cc1nc(F)ccc1C(O)C(O)CNC(=O)OCc1ccccc1. The maximum absolute atomic E-state index is 13.0. The molecule has 1 heterocycles. The van der Waals surface area contributed by atoms with Crippen molar-refractivity contribution in [3.05, 3.63) is 65.2 Å². The molecule has 0 aliphatic heterocycles. The smallest absolute Gasteiger partial charge is 0.407 e. The topological polar surface area (TPSA) is 91.7 Å². The number of ether oxygens (including phenoxy) is 1. The number of halogens is 1. The lowest BCUT2D eigenvalue weighted by Gasteiger charge is -2.19. The molecule has 128 valence electrons. The van der Waals surface area contributed by atoms with Crippen LogP contribution in [0.25, 0.3) is 0 Å². The Hall–Kier alpha value is -2.51. The number of aromatic nitrogens is 1. The highest BCUT2D eigenvalue weighted by Gasteiger charge is 2.21. The van der Waals surface area contributed by atoms with Crippen LogP contribution in [0.3, 0.4) is 0 Å². The molecule has 0 aliphatic rings. The number of rotatable bonds is 6. The van der Waals surface area contributed by atoms with Crippen LogP contribution in [0.1, 0.15) is 22.9 Å². The lowest BCUT2D eigenvalue weighted by Crippen LogP contribution is -2.36. The number of hydrogen-bond donors (Lipinski definition) is 3. The third kappa shape index (κ3) is 5.00. The van der Waals surface area contributed by atoms with Gasteiger partial charge in [-0.2, -0.15) is 4.39 Å². The third-order valence-electron chi connectivity index (χ3n) is 3.44. The van der Waals surface area contributed by atoms with Gasteiger partial charge in [0.15, 0.2) is 0 Å². The van der Waals surface area contributed by atoms with Crippen molar-refractivity contribution in [3.63, 3.8) is 0 Å². The summed E-state index contributed by atoms with van der Waals surface area (Å²) in [4.78, 5) is 15.2. The molecule has 3 N–H and O–H groups in total. The summed E-state index contributed by atoms with van der Waals surface area (Å²) in [5, 5.41) is 22.4. The molecule has 0 radical (unpaired) electrons. The Morgan fingerprint density at radius 2 is 1.96 bits per heavy atom. The zero-order valence-electron chi connectivity index (χ0n) is 13.1. The Bertz CT molecular complexity index is 682. The molecular weight excluding hydrogens is 315 g/mol. The maximum Gasteiger partial charge on any atom is 0.407 e. The van der Waals surface area contributed by atoms with Crippen molar-refractivity contribution in [2.24, 2.45) is 0 Å². The van der Waals surface area contributed by atoms with E-state index in [0.29, 0.717) is 5.56 Å². The van der Waals surface area contributed by atoms with Crippen LogP contribution in [-0.2, 0) is 11.3 Å². The first-order valence-corrected chi connectivity index (χ1v) is 7.41. The van der Waals surface area contributed by atoms with Crippen LogP contribution in [-0.4, -0.2) is 33.9 Å². The van der Waals surface area contributed by atoms with Gasteiger partial charge < -0.3 is 20.3 Å². The molecule has 7 heteroatoms. The standard InChI is InChI=1S/C17H19FN2O4/c1-11-13(7-8-15(18)20-11)16(22)14(21)9-19-17(23)24-10-12-5-3-2-4-6-12/h2-8,14,16,21-22H,9-10H2,1H3,(H,19,23). The zero-order chi connectivity index (χ0) is 17.5. The van der Waals surface area contributed by atoms with E-state index in [4.69, 9.17) is 4.74 Å². The average Bonchev–Trinajstić information content (AvgIpc) is 2.58. The fourth-order valence-electron chi connectivity index (χ4n) is 2.13. The number of amides is 1. The molecule has 2 rings (SSSR count). The minimum atomic E-state index is -1.30. The predicted octanol–water partition coefficient (Wildman–Crippen LogP) is 1.85. The molecule has 0 saturated carbocycles. The van der Waals surface area contributed by atoms with E-state index >= 15 is 0 Å². The van der Waals surface area contributed by atoms with Gasteiger partial charge in [-0.3, -0.25) is 0 Å². The van der Waals surface area contributed by atoms with Gasteiger partial charge in [0.1, 0.15) is 18.8 Å². The Morgan fingerprint density at radius 1 is 1.25 bits per heavy atom. The number of aliphatic hydroxyl groups is 2. The van der Waals surface area contributed by atoms with Crippen LogP contribution >= 0.6 is 0 Å². The van der Waals surface area contributed by atoms with E-state index in [0.717, 1.165) is 11.6 Å². The Balaban J connectivity index is 1.81. The minimum Gasteiger partial charge on any atom is -0.445 e. The zero-order valence-corrected chi connectivity index (χ0v) is 13.1. The summed E-state index contributed by atoms with van der Waals surface area (Å²) >= 11 is 0. The number of nitrogens with one attached hydrogen (secondary N) is 1. The van der Waals surface area contributed by atoms with Gasteiger partial charge >= 0.3 is 6.09 Å². The Kier molecular flexibility index (Phi) is 6.22. The number of aliphatic hydroxyl groups excluding tert-OH is 2. The van der Waals surface area contributed by atoms with Gasteiger partial charge in [-0.25, -0.2) is 9.78 Å². The lowest BCUT2D eigenvalue weighted by molar-refractivity contribution is 0.0177. The number of nitrogens with zero attached hydrogens (tertiary/aromatic N) is 1. The van der Waals surface area contributed by atoms with E-state index in [1.807, 2.05) is 30.3 Å². The van der Waals surface area contributed by atoms with E-state index in [9.17, 15) is 19.4 Å². The first-order valence-electron chi connectivity index (χ1n) is 7.41. The van der Waals surface area contributed by atoms with Crippen LogP contribution in [0.15, 0.2) is 42.5 Å². The van der Waals surface area contributed by atoms with Gasteiger partial charge in [-0.05, 0) is 24.6 Å². The molecule has 24 heavy (non-hydrogen) atoms. The highest BCUT2D eigenvalue weighted by atomic mass is 19.1. The molecule has 2 unspecified atom stereocenters. The van der Waals surface area contributed by atoms with E-state index in [2.05, 4.69) is 10.3 Å². The van der Waals surface area contributed by atoms with Crippen molar-refractivity contribution >= 4 is 6.09 Å². The number of benzene rings is 1. The summed E-state index contributed by atoms with van der Waals surface area (Å²) in [6.07, 6.45) is -3.29. The van der Waals surface area contributed by atoms with Crippen molar-refractivity contribution < 1.29 is 24.1 Å². The quantitative estimate of drug-likeness (QED) is 0.701. The van der Waals surface area contributed by atoms with Gasteiger partial charge in [0.05, 0.1) is 0 Å². The van der Waals surface area contributed by atoms with E-state index < -0.39 is 24.2 Å². The molecule has 1 amide bonds. The predicted molar refractivity (Wildman–Crippen MR) is 84.5 cm³/mol. The fraction of sp³-hybridized carbons (Fsp3) is 0.294. The van der Waals surface area contributed by atoms with Gasteiger partial charge in [0, 0.05) is 17.8 Å². The number of carbonyl (C=O) groups is 1. The molecule has 0 bridgehead atoms. The Morgan fingerprint density at radius 3 is 2.62 bits per heavy atom. The second-order valence-corrected chi connectivity index (χ2v) is 5.26. The normalized spacial score (nSPS) is 13.2. The summed E-state index contributed by atoms with van der Waals surface area (Å²) in [7, 11) is 0. The van der Waals surface area contributed by atoms with Crippen molar-refractivity contribution in [1.29, 1.82) is 0 Å². The van der Waals surface area contributed by atoms with Crippen LogP contribution in [0.5, 0.6) is 0 Å². The van der Waals surface area contributed by atoms with E-state index in [-0.39, 0.29) is 18.8 Å². The summed E-state index contributed by atoms with van der Waals surface area (Å²) in [5.41, 5.74) is 1.40. The molecule has 1 aromatic heterocycles. The second kappa shape index (κ2) is 8.37. The molecule has 2 atom stereocenters. The van der Waals surface area contributed by atoms with Crippen molar-refractivity contribution in [2.45, 2.75) is 25.7 Å². The monoisotopic (exact) mass is 334 g/mol. The summed E-state index contributed by atoms with van der Waals surface area (Å²) < 4.78 is 18.0. The molecule has 1 aromatic carbocycles. The van der Waals surface area contributed by atoms with Gasteiger partial charge in [0.2, 0.25) is 5.95 Å². The molecular formula is C17H19FN2O4. The summed E-state index contributed by atoms with van der Waals surface area (Å²) in [5.74, 6) is -0.666. The summed E-state index contributed by atoms with van der Waals surface area (Å²) in [6.45, 7) is 1.41. The third-order valence-corrected chi connectivity index (χ3v) is 3.44. The van der Waals surface area contributed by atoms with Crippen LogP contribution in [0.4, 0.5) is 9.18 Å². The number of aryl methyl sites for hydroxylation is 1. The maximum atomic E-state index is 13.0. The van der Waals surface area contributed by atoms with E-state index in [1.165, 1.54) is 13.0 Å².